The van der Waals surface area contributed by atoms with Gasteiger partial charge in [0.1, 0.15) is 0 Å². The van der Waals surface area contributed by atoms with Crippen LogP contribution in [0.4, 0.5) is 0 Å². The summed E-state index contributed by atoms with van der Waals surface area (Å²) in [7, 11) is 0. The molecular weight excluding hydrogens is 110 g/mol. The van der Waals surface area contributed by atoms with E-state index in [4.69, 9.17) is 0 Å². The van der Waals surface area contributed by atoms with Crippen molar-refractivity contribution in [1.29, 1.82) is 0 Å². The third-order valence-electron chi connectivity index (χ3n) is 1.97. The highest BCUT2D eigenvalue weighted by molar-refractivity contribution is 4.71. The highest BCUT2D eigenvalue weighted by atomic mass is 14.9. The lowest BCUT2D eigenvalue weighted by atomic mass is 9.97. The molecule has 0 radical (unpaired) electrons. The van der Waals surface area contributed by atoms with E-state index in [9.17, 15) is 0 Å². The molecule has 0 saturated carbocycles. The summed E-state index contributed by atoms with van der Waals surface area (Å²) < 4.78 is 0. The largest absolute Gasteiger partial charge is 0.316 e. The molecule has 9 heavy (non-hydrogen) atoms. The molecule has 0 aliphatic carbocycles. The summed E-state index contributed by atoms with van der Waals surface area (Å²) in [4.78, 5) is 0. The molecule has 1 heteroatoms. The molecule has 54 valence electrons. The van der Waals surface area contributed by atoms with Crippen LogP contribution in [0.25, 0.3) is 0 Å². The first kappa shape index (κ1) is 7.07. The molecule has 0 bridgehead atoms. The van der Waals surface area contributed by atoms with Crippen LogP contribution in [0, 0.1) is 11.8 Å². The van der Waals surface area contributed by atoms with E-state index in [1.165, 1.54) is 25.9 Å². The molecular formula is C8H17N. The number of rotatable bonds is 2. The van der Waals surface area contributed by atoms with Crippen molar-refractivity contribution in [3.05, 3.63) is 0 Å². The van der Waals surface area contributed by atoms with Crippen LogP contribution in [-0.2, 0) is 0 Å². The Balaban J connectivity index is 2.11. The summed E-state index contributed by atoms with van der Waals surface area (Å²) in [6.07, 6.45) is 2.81. The molecule has 1 saturated heterocycles. The fourth-order valence-electron chi connectivity index (χ4n) is 1.58. The fourth-order valence-corrected chi connectivity index (χ4v) is 1.58. The van der Waals surface area contributed by atoms with Gasteiger partial charge in [-0.3, -0.25) is 0 Å². The van der Waals surface area contributed by atoms with Crippen LogP contribution in [0.1, 0.15) is 26.7 Å². The summed E-state index contributed by atoms with van der Waals surface area (Å²) in [5.74, 6) is 1.86. The van der Waals surface area contributed by atoms with Crippen molar-refractivity contribution in [2.24, 2.45) is 11.8 Å². The van der Waals surface area contributed by atoms with E-state index in [0.29, 0.717) is 0 Å². The second kappa shape index (κ2) is 3.21. The Kier molecular flexibility index (Phi) is 2.52. The van der Waals surface area contributed by atoms with Crippen molar-refractivity contribution in [2.45, 2.75) is 26.7 Å². The predicted octanol–water partition coefficient (Wildman–Crippen LogP) is 1.64. The third kappa shape index (κ3) is 2.35. The maximum absolute atomic E-state index is 3.38. The molecule has 1 aliphatic heterocycles. The first-order valence-electron chi connectivity index (χ1n) is 3.99. The summed E-state index contributed by atoms with van der Waals surface area (Å²) in [6.45, 7) is 7.12. The molecule has 1 atom stereocenters. The molecule has 1 aliphatic rings. The van der Waals surface area contributed by atoms with Crippen molar-refractivity contribution in [3.63, 3.8) is 0 Å². The molecule has 0 spiro atoms. The number of hydrogen-bond acceptors (Lipinski definition) is 1. The lowest BCUT2D eigenvalue weighted by Gasteiger charge is -2.09. The van der Waals surface area contributed by atoms with Gasteiger partial charge >= 0.3 is 0 Å². The maximum atomic E-state index is 3.38. The smallest absolute Gasteiger partial charge is 0.00199 e. The van der Waals surface area contributed by atoms with Crippen LogP contribution in [0.15, 0.2) is 0 Å². The van der Waals surface area contributed by atoms with E-state index in [2.05, 4.69) is 19.2 Å². The Morgan fingerprint density at radius 2 is 2.33 bits per heavy atom. The van der Waals surface area contributed by atoms with E-state index in [1.807, 2.05) is 0 Å². The van der Waals surface area contributed by atoms with Crippen molar-refractivity contribution in [2.75, 3.05) is 13.1 Å². The molecule has 1 fully saturated rings. The second-order valence-electron chi connectivity index (χ2n) is 3.49. The Bertz CT molecular complexity index is 72.6. The first-order valence-corrected chi connectivity index (χ1v) is 3.99. The second-order valence-corrected chi connectivity index (χ2v) is 3.49. The topological polar surface area (TPSA) is 12.0 Å². The van der Waals surface area contributed by atoms with E-state index in [-0.39, 0.29) is 0 Å². The van der Waals surface area contributed by atoms with Crippen molar-refractivity contribution in [3.8, 4) is 0 Å². The van der Waals surface area contributed by atoms with E-state index in [1.54, 1.807) is 0 Å². The molecule has 0 unspecified atom stereocenters. The van der Waals surface area contributed by atoms with Crippen molar-refractivity contribution < 1.29 is 0 Å². The van der Waals surface area contributed by atoms with Gasteiger partial charge in [-0.1, -0.05) is 13.8 Å². The van der Waals surface area contributed by atoms with Crippen LogP contribution in [0.3, 0.4) is 0 Å². The van der Waals surface area contributed by atoms with Gasteiger partial charge < -0.3 is 5.32 Å². The quantitative estimate of drug-likeness (QED) is 0.594. The van der Waals surface area contributed by atoms with Gasteiger partial charge in [-0.25, -0.2) is 0 Å². The molecule has 0 aromatic heterocycles. The molecule has 1 heterocycles. The zero-order valence-corrected chi connectivity index (χ0v) is 6.48. The van der Waals surface area contributed by atoms with Gasteiger partial charge in [0.15, 0.2) is 0 Å². The average Bonchev–Trinajstić information content (AvgIpc) is 2.15. The summed E-state index contributed by atoms with van der Waals surface area (Å²) >= 11 is 0. The molecule has 1 nitrogen and oxygen atoms in total. The zero-order valence-electron chi connectivity index (χ0n) is 6.48. The Morgan fingerprint density at radius 1 is 1.56 bits per heavy atom. The molecule has 0 aromatic rings. The number of nitrogens with one attached hydrogen (secondary N) is 1. The van der Waals surface area contributed by atoms with Gasteiger partial charge in [0.05, 0.1) is 0 Å². The Hall–Kier alpha value is -0.0400. The zero-order chi connectivity index (χ0) is 6.69. The van der Waals surface area contributed by atoms with Crippen LogP contribution >= 0.6 is 0 Å². The summed E-state index contributed by atoms with van der Waals surface area (Å²) in [5, 5.41) is 3.38. The minimum absolute atomic E-state index is 0.884. The maximum Gasteiger partial charge on any atom is -0.00199 e. The Labute approximate surface area is 57.8 Å². The molecule has 1 N–H and O–H groups in total. The normalized spacial score (nSPS) is 27.7. The van der Waals surface area contributed by atoms with Gasteiger partial charge in [-0.15, -0.1) is 0 Å². The lowest BCUT2D eigenvalue weighted by molar-refractivity contribution is 0.438. The molecule has 1 rings (SSSR count). The SMILES string of the molecule is CC(C)C[C@@H]1CCNC1. The van der Waals surface area contributed by atoms with Crippen LogP contribution in [0.5, 0.6) is 0 Å². The van der Waals surface area contributed by atoms with Crippen molar-refractivity contribution >= 4 is 0 Å². The average molecular weight is 127 g/mol. The Morgan fingerprint density at radius 3 is 2.78 bits per heavy atom. The van der Waals surface area contributed by atoms with Gasteiger partial charge in [-0.2, -0.15) is 0 Å². The first-order chi connectivity index (χ1) is 4.29. The summed E-state index contributed by atoms with van der Waals surface area (Å²) in [6, 6.07) is 0. The monoisotopic (exact) mass is 127 g/mol. The van der Waals surface area contributed by atoms with Gasteiger partial charge in [0, 0.05) is 0 Å². The van der Waals surface area contributed by atoms with E-state index in [0.717, 1.165) is 11.8 Å². The minimum atomic E-state index is 0.884. The molecule has 0 aromatic carbocycles. The van der Waals surface area contributed by atoms with E-state index < -0.39 is 0 Å². The third-order valence-corrected chi connectivity index (χ3v) is 1.97. The number of hydrogen-bond donors (Lipinski definition) is 1. The van der Waals surface area contributed by atoms with Crippen LogP contribution in [-0.4, -0.2) is 13.1 Å². The van der Waals surface area contributed by atoms with Crippen molar-refractivity contribution in [1.82, 2.24) is 5.32 Å². The van der Waals surface area contributed by atoms with Gasteiger partial charge in [0.25, 0.3) is 0 Å². The fraction of sp³-hybridized carbons (Fsp3) is 1.00. The highest BCUT2D eigenvalue weighted by Crippen LogP contribution is 2.17. The molecule has 0 amide bonds. The van der Waals surface area contributed by atoms with Crippen LogP contribution < -0.4 is 5.32 Å². The highest BCUT2D eigenvalue weighted by Gasteiger charge is 2.14. The van der Waals surface area contributed by atoms with E-state index >= 15 is 0 Å². The minimum Gasteiger partial charge on any atom is -0.316 e. The lowest BCUT2D eigenvalue weighted by Crippen LogP contribution is -2.10. The summed E-state index contributed by atoms with van der Waals surface area (Å²) in [5.41, 5.74) is 0. The predicted molar refractivity (Wildman–Crippen MR) is 40.4 cm³/mol. The standard InChI is InChI=1S/C8H17N/c1-7(2)5-8-3-4-9-6-8/h7-9H,3-6H2,1-2H3/t8-/m0/s1. The van der Waals surface area contributed by atoms with Gasteiger partial charge in [-0.05, 0) is 37.8 Å². The van der Waals surface area contributed by atoms with Crippen LogP contribution in [0.2, 0.25) is 0 Å². The van der Waals surface area contributed by atoms with Gasteiger partial charge in [0.2, 0.25) is 0 Å².